The second-order valence-electron chi connectivity index (χ2n) is 3.44. The second kappa shape index (κ2) is 5.87. The molecule has 1 aromatic carbocycles. The van der Waals surface area contributed by atoms with Crippen molar-refractivity contribution < 1.29 is 9.13 Å². The van der Waals surface area contributed by atoms with Crippen molar-refractivity contribution in [3.8, 4) is 5.75 Å². The monoisotopic (exact) mass is 349 g/mol. The predicted octanol–water partition coefficient (Wildman–Crippen LogP) is 4.87. The Morgan fingerprint density at radius 3 is 2.78 bits per heavy atom. The zero-order valence-electron chi connectivity index (χ0n) is 8.96. The molecule has 0 bridgehead atoms. The number of halogens is 4. The molecule has 0 radical (unpaired) electrons. The van der Waals surface area contributed by atoms with Gasteiger partial charge in [-0.3, -0.25) is 0 Å². The number of pyridine rings is 1. The van der Waals surface area contributed by atoms with E-state index >= 15 is 0 Å². The molecular weight excluding hydrogens is 344 g/mol. The molecular formula is C12H7BrCl2FNO. The zero-order chi connectivity index (χ0) is 13.1. The summed E-state index contributed by atoms with van der Waals surface area (Å²) >= 11 is 14.6. The predicted molar refractivity (Wildman–Crippen MR) is 72.7 cm³/mol. The van der Waals surface area contributed by atoms with Crippen molar-refractivity contribution >= 4 is 39.1 Å². The summed E-state index contributed by atoms with van der Waals surface area (Å²) in [5, 5.41) is 0.424. The molecule has 0 atom stereocenters. The van der Waals surface area contributed by atoms with Crippen LogP contribution in [0.3, 0.4) is 0 Å². The molecule has 0 unspecified atom stereocenters. The second-order valence-corrected chi connectivity index (χ2v) is 5.09. The molecule has 2 nitrogen and oxygen atoms in total. The van der Waals surface area contributed by atoms with Crippen molar-refractivity contribution in [2.75, 3.05) is 0 Å². The van der Waals surface area contributed by atoms with E-state index < -0.39 is 5.82 Å². The molecule has 18 heavy (non-hydrogen) atoms. The molecule has 2 rings (SSSR count). The number of hydrogen-bond donors (Lipinski definition) is 0. The summed E-state index contributed by atoms with van der Waals surface area (Å²) in [4.78, 5) is 4.06. The van der Waals surface area contributed by atoms with Crippen molar-refractivity contribution in [2.24, 2.45) is 0 Å². The summed E-state index contributed by atoms with van der Waals surface area (Å²) in [5.74, 6) is -0.174. The molecule has 2 aromatic rings. The number of hydrogen-bond acceptors (Lipinski definition) is 2. The first-order chi connectivity index (χ1) is 8.56. The number of nitrogens with zero attached hydrogens (tertiary/aromatic N) is 1. The van der Waals surface area contributed by atoms with E-state index in [9.17, 15) is 4.39 Å². The Kier molecular flexibility index (Phi) is 4.43. The van der Waals surface area contributed by atoms with E-state index in [-0.39, 0.29) is 11.6 Å². The molecule has 0 saturated heterocycles. The van der Waals surface area contributed by atoms with Gasteiger partial charge in [-0.1, -0.05) is 29.3 Å². The fraction of sp³-hybridized carbons (Fsp3) is 0.0833. The van der Waals surface area contributed by atoms with Crippen LogP contribution in [-0.2, 0) is 6.61 Å². The Hall–Kier alpha value is -0.840. The molecule has 0 amide bonds. The first kappa shape index (κ1) is 13.6. The summed E-state index contributed by atoms with van der Waals surface area (Å²) in [6, 6.07) is 7.87. The van der Waals surface area contributed by atoms with Crippen molar-refractivity contribution in [1.29, 1.82) is 0 Å². The minimum atomic E-state index is -0.533. The topological polar surface area (TPSA) is 22.1 Å². The Balaban J connectivity index is 2.13. The average molecular weight is 351 g/mol. The first-order valence-corrected chi connectivity index (χ1v) is 6.50. The largest absolute Gasteiger partial charge is 0.486 e. The normalized spacial score (nSPS) is 10.4. The summed E-state index contributed by atoms with van der Waals surface area (Å²) in [6.07, 6.45) is 0. The van der Waals surface area contributed by atoms with Crippen LogP contribution in [0.25, 0.3) is 0 Å². The van der Waals surface area contributed by atoms with Gasteiger partial charge < -0.3 is 4.74 Å². The summed E-state index contributed by atoms with van der Waals surface area (Å²) < 4.78 is 19.3. The molecule has 1 aromatic heterocycles. The van der Waals surface area contributed by atoms with Gasteiger partial charge in [-0.2, -0.15) is 0 Å². The van der Waals surface area contributed by atoms with Gasteiger partial charge in [0.05, 0.1) is 15.2 Å². The molecule has 0 aliphatic rings. The fourth-order valence-electron chi connectivity index (χ4n) is 1.30. The van der Waals surface area contributed by atoms with Crippen molar-refractivity contribution in [1.82, 2.24) is 4.98 Å². The lowest BCUT2D eigenvalue weighted by Crippen LogP contribution is -1.99. The van der Waals surface area contributed by atoms with Crippen LogP contribution >= 0.6 is 39.1 Å². The quantitative estimate of drug-likeness (QED) is 0.582. The lowest BCUT2D eigenvalue weighted by Gasteiger charge is -2.08. The molecule has 6 heteroatoms. The number of rotatable bonds is 3. The highest BCUT2D eigenvalue weighted by Gasteiger charge is 2.08. The van der Waals surface area contributed by atoms with Gasteiger partial charge in [0.25, 0.3) is 0 Å². The van der Waals surface area contributed by atoms with Gasteiger partial charge in [0.2, 0.25) is 0 Å². The van der Waals surface area contributed by atoms with Crippen LogP contribution < -0.4 is 4.74 Å². The maximum Gasteiger partial charge on any atom is 0.145 e. The Labute approximate surface area is 122 Å². The van der Waals surface area contributed by atoms with Crippen LogP contribution in [0, 0.1) is 5.82 Å². The van der Waals surface area contributed by atoms with Gasteiger partial charge in [-0.05, 0) is 34.1 Å². The number of ether oxygens (including phenoxy) is 1. The van der Waals surface area contributed by atoms with E-state index in [1.165, 1.54) is 12.1 Å². The van der Waals surface area contributed by atoms with Crippen molar-refractivity contribution in [3.05, 3.63) is 56.5 Å². The number of aromatic nitrogens is 1. The summed E-state index contributed by atoms with van der Waals surface area (Å²) in [7, 11) is 0. The van der Waals surface area contributed by atoms with E-state index in [0.717, 1.165) is 0 Å². The lowest BCUT2D eigenvalue weighted by molar-refractivity contribution is 0.298. The van der Waals surface area contributed by atoms with Crippen LogP contribution in [0.5, 0.6) is 5.75 Å². The van der Waals surface area contributed by atoms with E-state index in [1.54, 1.807) is 18.2 Å². The lowest BCUT2D eigenvalue weighted by atomic mass is 10.3. The van der Waals surface area contributed by atoms with Gasteiger partial charge in [-0.25, -0.2) is 9.37 Å². The standard InChI is InChI=1S/C12H7BrCl2FNO/c13-8-4-9(14)10(16)5-11(8)18-6-7-2-1-3-12(15)17-7/h1-5H,6H2. The molecule has 0 saturated carbocycles. The van der Waals surface area contributed by atoms with Gasteiger partial charge in [0.1, 0.15) is 23.3 Å². The van der Waals surface area contributed by atoms with Crippen LogP contribution in [0.2, 0.25) is 10.2 Å². The molecule has 0 spiro atoms. The SMILES string of the molecule is Fc1cc(OCc2cccc(Cl)n2)c(Br)cc1Cl. The molecule has 0 aliphatic heterocycles. The fourth-order valence-corrected chi connectivity index (χ4v) is 2.23. The van der Waals surface area contributed by atoms with E-state index in [4.69, 9.17) is 27.9 Å². The highest BCUT2D eigenvalue weighted by molar-refractivity contribution is 9.10. The van der Waals surface area contributed by atoms with E-state index in [0.29, 0.717) is 21.1 Å². The molecule has 0 aliphatic carbocycles. The van der Waals surface area contributed by atoms with Gasteiger partial charge in [0, 0.05) is 6.07 Å². The molecule has 1 heterocycles. The maximum atomic E-state index is 13.3. The minimum absolute atomic E-state index is 0.0371. The summed E-state index contributed by atoms with van der Waals surface area (Å²) in [6.45, 7) is 0.195. The van der Waals surface area contributed by atoms with Crippen LogP contribution in [0.1, 0.15) is 5.69 Å². The zero-order valence-corrected chi connectivity index (χ0v) is 12.1. The van der Waals surface area contributed by atoms with Crippen molar-refractivity contribution in [3.63, 3.8) is 0 Å². The van der Waals surface area contributed by atoms with E-state index in [2.05, 4.69) is 20.9 Å². The Bertz CT molecular complexity index is 580. The van der Waals surface area contributed by atoms with Crippen molar-refractivity contribution in [2.45, 2.75) is 6.61 Å². The third-order valence-corrected chi connectivity index (χ3v) is 3.24. The van der Waals surface area contributed by atoms with Crippen LogP contribution in [0.15, 0.2) is 34.8 Å². The van der Waals surface area contributed by atoms with Crippen LogP contribution in [-0.4, -0.2) is 4.98 Å². The minimum Gasteiger partial charge on any atom is -0.486 e. The smallest absolute Gasteiger partial charge is 0.145 e. The van der Waals surface area contributed by atoms with Gasteiger partial charge >= 0.3 is 0 Å². The number of benzene rings is 1. The third-order valence-electron chi connectivity index (χ3n) is 2.12. The average Bonchev–Trinajstić information content (AvgIpc) is 2.32. The summed E-state index contributed by atoms with van der Waals surface area (Å²) in [5.41, 5.74) is 0.657. The van der Waals surface area contributed by atoms with Gasteiger partial charge in [0.15, 0.2) is 0 Å². The third kappa shape index (κ3) is 3.34. The Morgan fingerprint density at radius 2 is 2.06 bits per heavy atom. The molecule has 0 fully saturated rings. The van der Waals surface area contributed by atoms with E-state index in [1.807, 2.05) is 0 Å². The van der Waals surface area contributed by atoms with Gasteiger partial charge in [-0.15, -0.1) is 0 Å². The highest BCUT2D eigenvalue weighted by Crippen LogP contribution is 2.30. The maximum absolute atomic E-state index is 13.3. The Morgan fingerprint density at radius 1 is 1.28 bits per heavy atom. The highest BCUT2D eigenvalue weighted by atomic mass is 79.9. The molecule has 94 valence electrons. The first-order valence-electron chi connectivity index (χ1n) is 4.95. The molecule has 0 N–H and O–H groups in total. The van der Waals surface area contributed by atoms with Crippen LogP contribution in [0.4, 0.5) is 4.39 Å².